The Hall–Kier alpha value is -1.14. The topological polar surface area (TPSA) is 80.0 Å². The second kappa shape index (κ2) is 10.6. The summed E-state index contributed by atoms with van der Waals surface area (Å²) in [5.41, 5.74) is 3.32. The number of hydrazine groups is 1. The molecular weight excluding hydrogens is 497 g/mol. The van der Waals surface area contributed by atoms with Crippen molar-refractivity contribution in [3.8, 4) is 0 Å². The number of piperidine rings is 2. The molecule has 204 valence electrons. The minimum absolute atomic E-state index is 0.0732. The Morgan fingerprint density at radius 3 is 2.53 bits per heavy atom. The highest BCUT2D eigenvalue weighted by atomic mass is 35.5. The molecule has 5 aliphatic rings. The molecular formula is C24H38ClF3N6O2. The minimum atomic E-state index is -4.49. The van der Waals surface area contributed by atoms with E-state index in [2.05, 4.69) is 26.0 Å². The molecule has 4 unspecified atom stereocenters. The Kier molecular flexibility index (Phi) is 7.76. The van der Waals surface area contributed by atoms with Crippen LogP contribution in [0.4, 0.5) is 13.2 Å². The summed E-state index contributed by atoms with van der Waals surface area (Å²) in [5, 5.41) is 8.49. The molecule has 0 aromatic carbocycles. The number of rotatable bonds is 4. The second-order valence-corrected chi connectivity index (χ2v) is 11.7. The summed E-state index contributed by atoms with van der Waals surface area (Å²) in [5.74, 6) is -1.87. The van der Waals surface area contributed by atoms with Crippen LogP contribution in [-0.2, 0) is 9.59 Å². The third-order valence-corrected chi connectivity index (χ3v) is 9.41. The van der Waals surface area contributed by atoms with Gasteiger partial charge in [0.1, 0.15) is 6.04 Å². The molecule has 0 aromatic rings. The Balaban J connectivity index is 1.22. The zero-order valence-corrected chi connectivity index (χ0v) is 21.5. The maximum Gasteiger partial charge on any atom is 0.409 e. The molecule has 0 aromatic heterocycles. The molecule has 1 aliphatic carbocycles. The van der Waals surface area contributed by atoms with Crippen molar-refractivity contribution in [3.05, 3.63) is 0 Å². The number of hydrogen-bond acceptors (Lipinski definition) is 6. The Labute approximate surface area is 215 Å². The quantitative estimate of drug-likeness (QED) is 0.378. The third kappa shape index (κ3) is 5.23. The van der Waals surface area contributed by atoms with Crippen LogP contribution in [0.15, 0.2) is 0 Å². The SMILES string of the molecule is CN(C(=O)[C@@H]1CCC(=O)NC1)[C@@H](C1CCC(N2CCCC3C2CNC2CC(Cl)NN23)CC1)C(F)(F)F. The van der Waals surface area contributed by atoms with E-state index in [9.17, 15) is 22.8 Å². The van der Waals surface area contributed by atoms with Gasteiger partial charge in [-0.05, 0) is 57.4 Å². The molecule has 3 N–H and O–H groups in total. The van der Waals surface area contributed by atoms with Gasteiger partial charge >= 0.3 is 6.18 Å². The molecule has 4 saturated heterocycles. The summed E-state index contributed by atoms with van der Waals surface area (Å²) in [4.78, 5) is 27.8. The Bertz CT molecular complexity index is 816. The molecule has 0 bridgehead atoms. The van der Waals surface area contributed by atoms with Crippen molar-refractivity contribution in [1.82, 2.24) is 30.9 Å². The van der Waals surface area contributed by atoms with E-state index in [0.29, 0.717) is 44.2 Å². The maximum atomic E-state index is 14.3. The molecule has 6 atom stereocenters. The zero-order valence-electron chi connectivity index (χ0n) is 20.8. The number of carbonyl (C=O) groups excluding carboxylic acids is 2. The lowest BCUT2D eigenvalue weighted by Gasteiger charge is -2.53. The van der Waals surface area contributed by atoms with Crippen LogP contribution in [0.25, 0.3) is 0 Å². The second-order valence-electron chi connectivity index (χ2n) is 11.2. The average molecular weight is 535 g/mol. The third-order valence-electron chi connectivity index (χ3n) is 9.13. The van der Waals surface area contributed by atoms with E-state index < -0.39 is 30.0 Å². The van der Waals surface area contributed by atoms with E-state index in [-0.39, 0.29) is 36.6 Å². The number of fused-ring (bicyclic) bond motifs is 3. The van der Waals surface area contributed by atoms with Gasteiger partial charge in [-0.3, -0.25) is 19.8 Å². The van der Waals surface area contributed by atoms with Crippen LogP contribution in [-0.4, -0.2) is 95.3 Å². The number of alkyl halides is 4. The van der Waals surface area contributed by atoms with E-state index in [0.717, 1.165) is 37.3 Å². The highest BCUT2D eigenvalue weighted by molar-refractivity contribution is 6.20. The number of hydrogen-bond donors (Lipinski definition) is 3. The average Bonchev–Trinajstić information content (AvgIpc) is 3.24. The van der Waals surface area contributed by atoms with Crippen LogP contribution in [0.5, 0.6) is 0 Å². The molecule has 4 heterocycles. The molecule has 2 amide bonds. The van der Waals surface area contributed by atoms with Gasteiger partial charge in [0, 0.05) is 51.1 Å². The van der Waals surface area contributed by atoms with Crippen molar-refractivity contribution in [2.75, 3.05) is 26.7 Å². The molecule has 36 heavy (non-hydrogen) atoms. The number of carbonyl (C=O) groups is 2. The summed E-state index contributed by atoms with van der Waals surface area (Å²) in [6, 6.07) is -0.862. The molecule has 12 heteroatoms. The lowest BCUT2D eigenvalue weighted by atomic mass is 9.78. The molecule has 8 nitrogen and oxygen atoms in total. The molecule has 5 fully saturated rings. The van der Waals surface area contributed by atoms with Crippen molar-refractivity contribution < 1.29 is 22.8 Å². The highest BCUT2D eigenvalue weighted by Gasteiger charge is 2.52. The number of halogens is 4. The van der Waals surface area contributed by atoms with Gasteiger partial charge in [-0.15, -0.1) is 11.6 Å². The Morgan fingerprint density at radius 1 is 1.11 bits per heavy atom. The first-order chi connectivity index (χ1) is 17.1. The van der Waals surface area contributed by atoms with Gasteiger partial charge in [0.15, 0.2) is 0 Å². The largest absolute Gasteiger partial charge is 0.409 e. The van der Waals surface area contributed by atoms with Crippen LogP contribution < -0.4 is 16.1 Å². The summed E-state index contributed by atoms with van der Waals surface area (Å²) in [7, 11) is 1.29. The van der Waals surface area contributed by atoms with Crippen LogP contribution in [0.1, 0.15) is 57.8 Å². The number of likely N-dealkylation sites (tertiary alicyclic amines) is 1. The van der Waals surface area contributed by atoms with Gasteiger partial charge in [-0.25, -0.2) is 10.4 Å². The van der Waals surface area contributed by atoms with Gasteiger partial charge < -0.3 is 10.2 Å². The molecule has 0 spiro atoms. The number of amides is 2. The van der Waals surface area contributed by atoms with Gasteiger partial charge in [-0.1, -0.05) is 0 Å². The maximum absolute atomic E-state index is 14.3. The molecule has 4 aliphatic heterocycles. The van der Waals surface area contributed by atoms with E-state index in [1.54, 1.807) is 0 Å². The predicted molar refractivity (Wildman–Crippen MR) is 129 cm³/mol. The standard InChI is InChI=1S/C24H38ClF3N6O2/c1-32(23(36)15-6-9-21(35)30-12-15)22(24(26,27)28)14-4-7-16(8-5-14)33-10-2-3-17-18(33)13-29-20-11-19(25)31-34(17)20/h14-20,22,29,31H,2-13H2,1H3,(H,30,35)/t14?,15-,16?,17?,18?,19?,20?,22+/m1/s1. The van der Waals surface area contributed by atoms with Crippen molar-refractivity contribution >= 4 is 23.4 Å². The smallest absolute Gasteiger partial charge is 0.355 e. The van der Waals surface area contributed by atoms with Gasteiger partial charge in [0.25, 0.3) is 0 Å². The molecule has 5 rings (SSSR count). The first-order valence-electron chi connectivity index (χ1n) is 13.4. The summed E-state index contributed by atoms with van der Waals surface area (Å²) in [6.07, 6.45) is 1.55. The van der Waals surface area contributed by atoms with E-state index in [4.69, 9.17) is 11.6 Å². The van der Waals surface area contributed by atoms with Crippen LogP contribution in [0, 0.1) is 11.8 Å². The van der Waals surface area contributed by atoms with Gasteiger partial charge in [-0.2, -0.15) is 13.2 Å². The van der Waals surface area contributed by atoms with Gasteiger partial charge in [0.05, 0.1) is 17.6 Å². The number of nitrogens with one attached hydrogen (secondary N) is 3. The summed E-state index contributed by atoms with van der Waals surface area (Å²) in [6.45, 7) is 1.95. The van der Waals surface area contributed by atoms with Crippen molar-refractivity contribution in [3.63, 3.8) is 0 Å². The monoisotopic (exact) mass is 534 g/mol. The first kappa shape index (κ1) is 26.5. The normalized spacial score (nSPS) is 39.1. The van der Waals surface area contributed by atoms with Crippen molar-refractivity contribution in [2.24, 2.45) is 11.8 Å². The fraction of sp³-hybridized carbons (Fsp3) is 0.917. The summed E-state index contributed by atoms with van der Waals surface area (Å²) >= 11 is 6.34. The van der Waals surface area contributed by atoms with E-state index in [1.807, 2.05) is 0 Å². The first-order valence-corrected chi connectivity index (χ1v) is 13.8. The highest BCUT2D eigenvalue weighted by Crippen LogP contribution is 2.41. The van der Waals surface area contributed by atoms with Gasteiger partial charge in [0.2, 0.25) is 11.8 Å². The summed E-state index contributed by atoms with van der Waals surface area (Å²) < 4.78 is 42.8. The lowest BCUT2D eigenvalue weighted by molar-refractivity contribution is -0.203. The van der Waals surface area contributed by atoms with E-state index in [1.165, 1.54) is 7.05 Å². The predicted octanol–water partition coefficient (Wildman–Crippen LogP) is 2.00. The molecule has 0 radical (unpaired) electrons. The van der Waals surface area contributed by atoms with E-state index >= 15 is 0 Å². The van der Waals surface area contributed by atoms with Crippen molar-refractivity contribution in [1.29, 1.82) is 0 Å². The Morgan fingerprint density at radius 2 is 1.86 bits per heavy atom. The van der Waals surface area contributed by atoms with Crippen LogP contribution in [0.2, 0.25) is 0 Å². The van der Waals surface area contributed by atoms with Crippen LogP contribution in [0.3, 0.4) is 0 Å². The van der Waals surface area contributed by atoms with Crippen LogP contribution >= 0.6 is 11.6 Å². The fourth-order valence-electron chi connectivity index (χ4n) is 7.39. The fourth-order valence-corrected chi connectivity index (χ4v) is 7.67. The number of nitrogens with zero attached hydrogens (tertiary/aromatic N) is 3. The van der Waals surface area contributed by atoms with Crippen molar-refractivity contribution in [2.45, 2.75) is 99.8 Å². The lowest BCUT2D eigenvalue weighted by Crippen LogP contribution is -2.70. The zero-order chi connectivity index (χ0) is 25.6. The molecule has 1 saturated carbocycles. The minimum Gasteiger partial charge on any atom is -0.355 e.